The van der Waals surface area contributed by atoms with Crippen LogP contribution in [0.25, 0.3) is 0 Å². The molecule has 2 amide bonds. The Morgan fingerprint density at radius 3 is 0.968 bits per heavy atom. The number of amides is 2. The summed E-state index contributed by atoms with van der Waals surface area (Å²) in [7, 11) is 0. The fourth-order valence-corrected chi connectivity index (χ4v) is 9.47. The Kier molecular flexibility index (Phi) is 47.4. The summed E-state index contributed by atoms with van der Waals surface area (Å²) < 4.78 is 5.38. The number of hydrogen-bond donors (Lipinski definition) is 2. The average Bonchev–Trinajstić information content (AvgIpc) is 3.27. The quantitative estimate of drug-likeness (QED) is 0.0352. The average molecular weight is 910 g/mol. The van der Waals surface area contributed by atoms with Gasteiger partial charge in [0.05, 0.1) is 12.7 Å². The maximum Gasteiger partial charge on any atom is 0.337 e. The highest BCUT2D eigenvalue weighted by Crippen LogP contribution is 2.21. The molecule has 372 valence electrons. The van der Waals surface area contributed by atoms with E-state index >= 15 is 0 Å². The van der Waals surface area contributed by atoms with Gasteiger partial charge in [-0.1, -0.05) is 252 Å². The molecule has 0 aromatic heterocycles. The van der Waals surface area contributed by atoms with Crippen molar-refractivity contribution < 1.29 is 34.1 Å². The molecule has 0 heterocycles. The van der Waals surface area contributed by atoms with E-state index in [9.17, 15) is 29.4 Å². The van der Waals surface area contributed by atoms with Gasteiger partial charge < -0.3 is 14.9 Å². The van der Waals surface area contributed by atoms with Crippen molar-refractivity contribution in [3.05, 3.63) is 0 Å². The van der Waals surface area contributed by atoms with E-state index in [1.54, 1.807) is 0 Å². The van der Waals surface area contributed by atoms with Gasteiger partial charge in [0.25, 0.3) is 0 Å². The first kappa shape index (κ1) is 61.5. The summed E-state index contributed by atoms with van der Waals surface area (Å²) in [6, 6.07) is -1.26. The highest BCUT2D eigenvalue weighted by molar-refractivity contribution is 7.99. The lowest BCUT2D eigenvalue weighted by molar-refractivity contribution is -0.168. The number of ether oxygens (including phenoxy) is 1. The number of esters is 2. The Labute approximate surface area is 393 Å². The third-order valence-electron chi connectivity index (χ3n) is 12.6. The number of rotatable bonds is 49. The minimum absolute atomic E-state index is 0.00337. The van der Waals surface area contributed by atoms with Crippen LogP contribution in [0.1, 0.15) is 290 Å². The monoisotopic (exact) mass is 910 g/mol. The van der Waals surface area contributed by atoms with Crippen molar-refractivity contribution in [2.24, 2.45) is 0 Å². The van der Waals surface area contributed by atoms with E-state index in [2.05, 4.69) is 20.8 Å². The molecule has 0 aliphatic rings. The zero-order valence-electron chi connectivity index (χ0n) is 41.8. The molecule has 8 nitrogen and oxygen atoms in total. The second kappa shape index (κ2) is 48.5. The van der Waals surface area contributed by atoms with E-state index in [4.69, 9.17) is 4.74 Å². The van der Waals surface area contributed by atoms with Gasteiger partial charge in [-0.05, 0) is 19.3 Å². The van der Waals surface area contributed by atoms with Crippen LogP contribution in [-0.2, 0) is 23.9 Å². The first-order valence-electron chi connectivity index (χ1n) is 27.3. The Morgan fingerprint density at radius 2 is 0.683 bits per heavy atom. The largest absolute Gasteiger partial charge is 0.394 e. The number of unbranched alkanes of at least 4 members (excludes halogenated alkanes) is 36. The molecule has 0 aliphatic heterocycles. The molecule has 9 heteroatoms. The first-order chi connectivity index (χ1) is 30.8. The Balaban J connectivity index is 5.20. The fourth-order valence-electron chi connectivity index (χ4n) is 8.45. The van der Waals surface area contributed by atoms with Crippen LogP contribution >= 0.6 is 11.8 Å². The third-order valence-corrected chi connectivity index (χ3v) is 13.8. The standard InChI is InChI=1S/C54H103NO7S/c1-4-7-10-13-16-19-22-25-28-31-34-37-40-43-51(58)55(52(59)44-41-38-35-32-29-26-23-20-17-14-11-8-5-2)50(48-63-47-49(57)46-56)54(61)62-53(60)45-42-39-36-33-30-27-24-21-18-15-12-9-6-3/h49-50,56-57H,4-48H2,1-3H3/t49?,50-/m0/s1. The maximum atomic E-state index is 13.9. The molecule has 0 saturated heterocycles. The van der Waals surface area contributed by atoms with Crippen molar-refractivity contribution in [3.8, 4) is 0 Å². The van der Waals surface area contributed by atoms with Crippen molar-refractivity contribution >= 4 is 35.5 Å². The van der Waals surface area contributed by atoms with Crippen LogP contribution < -0.4 is 0 Å². The van der Waals surface area contributed by atoms with Gasteiger partial charge >= 0.3 is 11.9 Å². The van der Waals surface area contributed by atoms with Gasteiger partial charge in [-0.3, -0.25) is 19.3 Å². The summed E-state index contributed by atoms with van der Waals surface area (Å²) in [4.78, 5) is 55.7. The van der Waals surface area contributed by atoms with Crippen LogP contribution in [0.3, 0.4) is 0 Å². The number of nitrogens with zero attached hydrogens (tertiary/aromatic N) is 1. The smallest absolute Gasteiger partial charge is 0.337 e. The van der Waals surface area contributed by atoms with Gasteiger partial charge in [-0.25, -0.2) is 4.79 Å². The highest BCUT2D eigenvalue weighted by Gasteiger charge is 2.36. The second-order valence-electron chi connectivity index (χ2n) is 18.8. The minimum atomic E-state index is -1.26. The normalized spacial score (nSPS) is 12.4. The molecular formula is C54H103NO7S. The van der Waals surface area contributed by atoms with Crippen LogP contribution in [0, 0.1) is 0 Å². The summed E-state index contributed by atoms with van der Waals surface area (Å²) in [5.41, 5.74) is 0. The Hall–Kier alpha value is -1.45. The number of aliphatic hydroxyl groups excluding tert-OH is 2. The highest BCUT2D eigenvalue weighted by atomic mass is 32.2. The summed E-state index contributed by atoms with van der Waals surface area (Å²) in [5.74, 6) is -2.17. The number of aliphatic hydroxyl groups is 2. The van der Waals surface area contributed by atoms with E-state index < -0.39 is 42.5 Å². The summed E-state index contributed by atoms with van der Waals surface area (Å²) >= 11 is 1.18. The van der Waals surface area contributed by atoms with Crippen molar-refractivity contribution in [1.29, 1.82) is 0 Å². The van der Waals surface area contributed by atoms with Crippen LogP contribution in [0.2, 0.25) is 0 Å². The molecular weight excluding hydrogens is 807 g/mol. The molecule has 0 aromatic carbocycles. The Bertz CT molecular complexity index is 1000. The van der Waals surface area contributed by atoms with Crippen LogP contribution in [-0.4, -0.2) is 69.1 Å². The summed E-state index contributed by atoms with van der Waals surface area (Å²) in [6.45, 7) is 6.32. The molecule has 2 atom stereocenters. The number of carbonyl (C=O) groups is 4. The molecule has 1 unspecified atom stereocenters. The lowest BCUT2D eigenvalue weighted by Gasteiger charge is -2.29. The number of hydrogen-bond acceptors (Lipinski definition) is 8. The molecule has 63 heavy (non-hydrogen) atoms. The number of imide groups is 1. The topological polar surface area (TPSA) is 121 Å². The molecule has 2 N–H and O–H groups in total. The minimum Gasteiger partial charge on any atom is -0.394 e. The lowest BCUT2D eigenvalue weighted by Crippen LogP contribution is -2.51. The van der Waals surface area contributed by atoms with E-state index in [1.165, 1.54) is 185 Å². The van der Waals surface area contributed by atoms with Gasteiger partial charge in [0, 0.05) is 30.8 Å². The molecule has 0 spiro atoms. The van der Waals surface area contributed by atoms with Crippen LogP contribution in [0.15, 0.2) is 0 Å². The van der Waals surface area contributed by atoms with Gasteiger partial charge in [0.2, 0.25) is 11.8 Å². The lowest BCUT2D eigenvalue weighted by atomic mass is 10.0. The van der Waals surface area contributed by atoms with Gasteiger partial charge in [-0.15, -0.1) is 0 Å². The first-order valence-corrected chi connectivity index (χ1v) is 28.4. The Morgan fingerprint density at radius 1 is 0.413 bits per heavy atom. The predicted molar refractivity (Wildman–Crippen MR) is 268 cm³/mol. The third kappa shape index (κ3) is 40.5. The van der Waals surface area contributed by atoms with Crippen molar-refractivity contribution in [3.63, 3.8) is 0 Å². The molecule has 0 saturated carbocycles. The fraction of sp³-hybridized carbons (Fsp3) is 0.926. The van der Waals surface area contributed by atoms with Crippen LogP contribution in [0.5, 0.6) is 0 Å². The zero-order chi connectivity index (χ0) is 46.3. The number of thioether (sulfide) groups is 1. The molecule has 0 aromatic rings. The molecule has 0 fully saturated rings. The van der Waals surface area contributed by atoms with Gasteiger partial charge in [-0.2, -0.15) is 11.8 Å². The zero-order valence-corrected chi connectivity index (χ0v) is 42.6. The van der Waals surface area contributed by atoms with Gasteiger partial charge in [0.15, 0.2) is 0 Å². The maximum absolute atomic E-state index is 13.9. The van der Waals surface area contributed by atoms with E-state index in [-0.39, 0.29) is 30.8 Å². The van der Waals surface area contributed by atoms with Crippen molar-refractivity contribution in [2.45, 2.75) is 303 Å². The van der Waals surface area contributed by atoms with Crippen molar-refractivity contribution in [1.82, 2.24) is 4.90 Å². The SMILES string of the molecule is CCCCCCCCCCCCCCCC(=O)OC(=O)[C@H](CSCC(O)CO)N(C(=O)CCCCCCCCCCCCCCC)C(=O)CCCCCCCCCCCCCCC. The summed E-state index contributed by atoms with van der Waals surface area (Å²) in [5, 5.41) is 19.5. The summed E-state index contributed by atoms with van der Waals surface area (Å²) in [6.07, 6.45) is 45.6. The van der Waals surface area contributed by atoms with Crippen LogP contribution in [0.4, 0.5) is 0 Å². The predicted octanol–water partition coefficient (Wildman–Crippen LogP) is 15.3. The molecule has 0 radical (unpaired) electrons. The molecule has 0 rings (SSSR count). The van der Waals surface area contributed by atoms with E-state index in [1.807, 2.05) is 0 Å². The van der Waals surface area contributed by atoms with Crippen molar-refractivity contribution in [2.75, 3.05) is 18.1 Å². The number of carbonyl (C=O) groups excluding carboxylic acids is 4. The molecule has 0 bridgehead atoms. The molecule has 0 aliphatic carbocycles. The van der Waals surface area contributed by atoms with E-state index in [0.29, 0.717) is 19.3 Å². The second-order valence-corrected chi connectivity index (χ2v) is 19.9. The van der Waals surface area contributed by atoms with Gasteiger partial charge in [0.1, 0.15) is 6.04 Å². The van der Waals surface area contributed by atoms with E-state index in [0.717, 1.165) is 62.7 Å².